The Labute approximate surface area is 137 Å². The van der Waals surface area contributed by atoms with Gasteiger partial charge in [-0.3, -0.25) is 0 Å². The standard InChI is InChI=1S/C15H13Cl3FNO/c1-20-7-10-5-11(16)6-13(18)15(10)21-8-9-2-3-14(19)12(17)4-9/h2-6,20H,7-8H2,1H3. The highest BCUT2D eigenvalue weighted by molar-refractivity contribution is 6.35. The van der Waals surface area contributed by atoms with Gasteiger partial charge in [-0.25, -0.2) is 4.39 Å². The van der Waals surface area contributed by atoms with Gasteiger partial charge in [0.25, 0.3) is 0 Å². The van der Waals surface area contributed by atoms with Crippen molar-refractivity contribution in [2.45, 2.75) is 13.2 Å². The van der Waals surface area contributed by atoms with Gasteiger partial charge in [0.05, 0.1) is 10.0 Å². The molecule has 2 rings (SSSR count). The normalized spacial score (nSPS) is 10.7. The lowest BCUT2D eigenvalue weighted by Gasteiger charge is -2.14. The Morgan fingerprint density at radius 1 is 1.10 bits per heavy atom. The second-order valence-corrected chi connectivity index (χ2v) is 5.69. The van der Waals surface area contributed by atoms with E-state index in [1.807, 2.05) is 7.05 Å². The third-order valence-corrected chi connectivity index (χ3v) is 3.61. The summed E-state index contributed by atoms with van der Waals surface area (Å²) in [6.07, 6.45) is 0. The first-order chi connectivity index (χ1) is 10.0. The molecule has 0 aliphatic heterocycles. The lowest BCUT2D eigenvalue weighted by atomic mass is 10.2. The van der Waals surface area contributed by atoms with Crippen LogP contribution >= 0.6 is 34.8 Å². The van der Waals surface area contributed by atoms with Crippen LogP contribution in [0.4, 0.5) is 4.39 Å². The van der Waals surface area contributed by atoms with E-state index in [0.717, 1.165) is 11.1 Å². The second-order valence-electron chi connectivity index (χ2n) is 4.44. The molecule has 2 aromatic rings. The second kappa shape index (κ2) is 7.32. The Bertz CT molecular complexity index is 649. The molecule has 0 saturated carbocycles. The summed E-state index contributed by atoms with van der Waals surface area (Å²) in [6, 6.07) is 7.85. The van der Waals surface area contributed by atoms with Crippen LogP contribution in [0.25, 0.3) is 0 Å². The molecule has 6 heteroatoms. The summed E-state index contributed by atoms with van der Waals surface area (Å²) in [5.41, 5.74) is 1.60. The molecule has 2 aromatic carbocycles. The highest BCUT2D eigenvalue weighted by Gasteiger charge is 2.11. The molecule has 0 saturated heterocycles. The van der Waals surface area contributed by atoms with Crippen LogP contribution in [0, 0.1) is 5.82 Å². The Morgan fingerprint density at radius 2 is 1.86 bits per heavy atom. The summed E-state index contributed by atoms with van der Waals surface area (Å²) >= 11 is 17.9. The number of rotatable bonds is 5. The van der Waals surface area contributed by atoms with Crippen molar-refractivity contribution < 1.29 is 9.13 Å². The molecular weight excluding hydrogens is 336 g/mol. The van der Waals surface area contributed by atoms with Gasteiger partial charge < -0.3 is 10.1 Å². The van der Waals surface area contributed by atoms with Gasteiger partial charge in [0.2, 0.25) is 0 Å². The van der Waals surface area contributed by atoms with E-state index in [1.54, 1.807) is 18.2 Å². The summed E-state index contributed by atoms with van der Waals surface area (Å²) < 4.78 is 18.9. The molecule has 0 bridgehead atoms. The fourth-order valence-corrected chi connectivity index (χ4v) is 2.68. The van der Waals surface area contributed by atoms with Crippen molar-refractivity contribution in [3.63, 3.8) is 0 Å². The van der Waals surface area contributed by atoms with Gasteiger partial charge in [0.15, 0.2) is 0 Å². The quantitative estimate of drug-likeness (QED) is 0.813. The molecular formula is C15H13Cl3FNO. The molecule has 0 unspecified atom stereocenters. The lowest BCUT2D eigenvalue weighted by molar-refractivity contribution is 0.302. The molecule has 2 nitrogen and oxygen atoms in total. The Morgan fingerprint density at radius 3 is 2.52 bits per heavy atom. The van der Waals surface area contributed by atoms with Crippen molar-refractivity contribution in [2.75, 3.05) is 7.05 Å². The Kier molecular flexibility index (Phi) is 5.71. The minimum Gasteiger partial charge on any atom is -0.487 e. The first kappa shape index (κ1) is 16.4. The summed E-state index contributed by atoms with van der Waals surface area (Å²) in [6.45, 7) is 0.803. The van der Waals surface area contributed by atoms with Gasteiger partial charge in [-0.15, -0.1) is 0 Å². The molecule has 0 aliphatic carbocycles. The monoisotopic (exact) mass is 347 g/mol. The number of halogens is 4. The molecule has 0 radical (unpaired) electrons. The van der Waals surface area contributed by atoms with Crippen LogP contribution < -0.4 is 10.1 Å². The molecule has 0 atom stereocenters. The number of hydrogen-bond donors (Lipinski definition) is 1. The van der Waals surface area contributed by atoms with Crippen LogP contribution in [-0.2, 0) is 13.2 Å². The van der Waals surface area contributed by atoms with Crippen LogP contribution in [0.3, 0.4) is 0 Å². The number of ether oxygens (including phenoxy) is 1. The zero-order chi connectivity index (χ0) is 15.4. The third kappa shape index (κ3) is 4.24. The van der Waals surface area contributed by atoms with Crippen LogP contribution in [0.1, 0.15) is 11.1 Å². The molecule has 0 amide bonds. The third-order valence-electron chi connectivity index (χ3n) is 2.82. The largest absolute Gasteiger partial charge is 0.487 e. The van der Waals surface area contributed by atoms with E-state index in [0.29, 0.717) is 22.3 Å². The average Bonchev–Trinajstić information content (AvgIpc) is 2.42. The van der Waals surface area contributed by atoms with Crippen molar-refractivity contribution in [2.24, 2.45) is 0 Å². The number of nitrogens with one attached hydrogen (secondary N) is 1. The van der Waals surface area contributed by atoms with E-state index in [-0.39, 0.29) is 11.6 Å². The van der Waals surface area contributed by atoms with Crippen molar-refractivity contribution in [1.29, 1.82) is 0 Å². The summed E-state index contributed by atoms with van der Waals surface area (Å²) in [4.78, 5) is 0. The zero-order valence-electron chi connectivity index (χ0n) is 11.2. The van der Waals surface area contributed by atoms with Crippen LogP contribution in [0.2, 0.25) is 15.1 Å². The first-order valence-corrected chi connectivity index (χ1v) is 7.34. The molecule has 0 fully saturated rings. The maximum Gasteiger partial charge on any atom is 0.142 e. The van der Waals surface area contributed by atoms with Gasteiger partial charge in [-0.05, 0) is 36.9 Å². The summed E-state index contributed by atoms with van der Waals surface area (Å²) in [7, 11) is 1.82. The van der Waals surface area contributed by atoms with E-state index in [2.05, 4.69) is 5.32 Å². The van der Waals surface area contributed by atoms with Crippen molar-refractivity contribution in [3.05, 3.63) is 62.3 Å². The van der Waals surface area contributed by atoms with E-state index >= 15 is 0 Å². The van der Waals surface area contributed by atoms with Gasteiger partial charge in [-0.2, -0.15) is 0 Å². The van der Waals surface area contributed by atoms with Gasteiger partial charge >= 0.3 is 0 Å². The molecule has 0 aliphatic rings. The molecule has 112 valence electrons. The molecule has 0 aromatic heterocycles. The van der Waals surface area contributed by atoms with Crippen molar-refractivity contribution in [1.82, 2.24) is 5.32 Å². The smallest absolute Gasteiger partial charge is 0.142 e. The van der Waals surface area contributed by atoms with Gasteiger partial charge in [-0.1, -0.05) is 40.9 Å². The van der Waals surface area contributed by atoms with Crippen molar-refractivity contribution in [3.8, 4) is 5.75 Å². The highest BCUT2D eigenvalue weighted by atomic mass is 35.5. The topological polar surface area (TPSA) is 21.3 Å². The van der Waals surface area contributed by atoms with Crippen LogP contribution in [0.5, 0.6) is 5.75 Å². The fraction of sp³-hybridized carbons (Fsp3) is 0.200. The van der Waals surface area contributed by atoms with Crippen LogP contribution in [-0.4, -0.2) is 7.05 Å². The van der Waals surface area contributed by atoms with Crippen LogP contribution in [0.15, 0.2) is 30.3 Å². The molecule has 0 spiro atoms. The van der Waals surface area contributed by atoms with E-state index < -0.39 is 5.82 Å². The molecule has 0 heterocycles. The van der Waals surface area contributed by atoms with Gasteiger partial charge in [0.1, 0.15) is 18.2 Å². The average molecular weight is 349 g/mol. The first-order valence-electron chi connectivity index (χ1n) is 6.20. The summed E-state index contributed by atoms with van der Waals surface area (Å²) in [5.74, 6) is 0.0941. The summed E-state index contributed by atoms with van der Waals surface area (Å²) in [5, 5.41) is 4.06. The number of hydrogen-bond acceptors (Lipinski definition) is 2. The Balaban J connectivity index is 2.20. The van der Waals surface area contributed by atoms with E-state index in [9.17, 15) is 4.39 Å². The van der Waals surface area contributed by atoms with Gasteiger partial charge in [0, 0.05) is 17.1 Å². The zero-order valence-corrected chi connectivity index (χ0v) is 13.5. The molecule has 21 heavy (non-hydrogen) atoms. The highest BCUT2D eigenvalue weighted by Crippen LogP contribution is 2.33. The van der Waals surface area contributed by atoms with E-state index in [1.165, 1.54) is 12.1 Å². The Hall–Kier alpha value is -1.00. The van der Waals surface area contributed by atoms with Crippen molar-refractivity contribution >= 4 is 34.8 Å². The predicted molar refractivity (Wildman–Crippen MR) is 85.0 cm³/mol. The minimum absolute atomic E-state index is 0.0637. The maximum absolute atomic E-state index is 13.1. The predicted octanol–water partition coefficient (Wildman–Crippen LogP) is 5.08. The minimum atomic E-state index is -0.458. The molecule has 1 N–H and O–H groups in total. The SMILES string of the molecule is CNCc1cc(Cl)cc(Cl)c1OCc1ccc(F)c(Cl)c1. The fourth-order valence-electron chi connectivity index (χ4n) is 1.88. The number of benzene rings is 2. The maximum atomic E-state index is 13.1. The lowest BCUT2D eigenvalue weighted by Crippen LogP contribution is -2.08. The van der Waals surface area contributed by atoms with E-state index in [4.69, 9.17) is 39.5 Å².